The van der Waals surface area contributed by atoms with Crippen LogP contribution in [0.15, 0.2) is 66.0 Å². The van der Waals surface area contributed by atoms with Gasteiger partial charge in [0, 0.05) is 10.8 Å². The van der Waals surface area contributed by atoms with E-state index in [-0.39, 0.29) is 18.9 Å². The van der Waals surface area contributed by atoms with Gasteiger partial charge >= 0.3 is 12.1 Å². The van der Waals surface area contributed by atoms with E-state index < -0.39 is 30.1 Å². The van der Waals surface area contributed by atoms with Crippen molar-refractivity contribution in [3.63, 3.8) is 0 Å². The van der Waals surface area contributed by atoms with Crippen LogP contribution in [0.2, 0.25) is 0 Å². The quantitative estimate of drug-likeness (QED) is 0.461. The van der Waals surface area contributed by atoms with Gasteiger partial charge in [-0.25, -0.2) is 4.79 Å². The van der Waals surface area contributed by atoms with Crippen LogP contribution in [0.5, 0.6) is 0 Å². The van der Waals surface area contributed by atoms with Gasteiger partial charge in [0.05, 0.1) is 12.5 Å². The Morgan fingerprint density at radius 2 is 1.61 bits per heavy atom. The van der Waals surface area contributed by atoms with Crippen molar-refractivity contribution >= 4 is 29.3 Å². The topological polar surface area (TPSA) is 105 Å². The average Bonchev–Trinajstić information content (AvgIpc) is 3.44. The van der Waals surface area contributed by atoms with Crippen LogP contribution in [0.1, 0.15) is 41.3 Å². The summed E-state index contributed by atoms with van der Waals surface area (Å²) in [6.45, 7) is 1.67. The fraction of sp³-hybridized carbons (Fsp3) is 0.240. The van der Waals surface area contributed by atoms with Crippen molar-refractivity contribution < 1.29 is 24.2 Å². The molecule has 0 bridgehead atoms. The molecular weight excluding hydrogens is 440 g/mol. The van der Waals surface area contributed by atoms with E-state index in [1.807, 2.05) is 41.8 Å². The summed E-state index contributed by atoms with van der Waals surface area (Å²) in [7, 11) is 0. The maximum Gasteiger partial charge on any atom is 0.407 e. The van der Waals surface area contributed by atoms with Gasteiger partial charge in [-0.15, -0.1) is 11.3 Å². The van der Waals surface area contributed by atoms with E-state index in [0.717, 1.165) is 27.1 Å². The Labute approximate surface area is 195 Å². The Morgan fingerprint density at radius 3 is 2.18 bits per heavy atom. The zero-order valence-corrected chi connectivity index (χ0v) is 18.8. The molecule has 1 aliphatic carbocycles. The van der Waals surface area contributed by atoms with Crippen molar-refractivity contribution in [1.29, 1.82) is 0 Å². The van der Waals surface area contributed by atoms with E-state index in [1.54, 1.807) is 12.1 Å². The zero-order chi connectivity index (χ0) is 23.4. The fourth-order valence-electron chi connectivity index (χ4n) is 4.07. The lowest BCUT2D eigenvalue weighted by Gasteiger charge is -2.20. The molecule has 2 atom stereocenters. The molecule has 1 aromatic heterocycles. The number of nitrogens with one attached hydrogen (secondary N) is 2. The third kappa shape index (κ3) is 5.06. The zero-order valence-electron chi connectivity index (χ0n) is 18.0. The van der Waals surface area contributed by atoms with Crippen molar-refractivity contribution in [2.45, 2.75) is 31.3 Å². The molecular formula is C25H24N2O5S. The van der Waals surface area contributed by atoms with Gasteiger partial charge in [0.15, 0.2) is 0 Å². The first-order valence-electron chi connectivity index (χ1n) is 10.6. The molecule has 0 spiro atoms. The lowest BCUT2D eigenvalue weighted by molar-refractivity contribution is -0.137. The van der Waals surface area contributed by atoms with Crippen molar-refractivity contribution in [3.8, 4) is 11.1 Å². The molecule has 33 heavy (non-hydrogen) atoms. The first-order valence-corrected chi connectivity index (χ1v) is 11.5. The van der Waals surface area contributed by atoms with Crippen LogP contribution >= 0.6 is 11.3 Å². The van der Waals surface area contributed by atoms with Crippen molar-refractivity contribution in [1.82, 2.24) is 10.6 Å². The summed E-state index contributed by atoms with van der Waals surface area (Å²) in [5.41, 5.74) is 4.47. The number of carboxylic acid groups (broad SMARTS) is 1. The number of benzene rings is 2. The first-order chi connectivity index (χ1) is 15.9. The molecule has 2 aromatic carbocycles. The van der Waals surface area contributed by atoms with Gasteiger partial charge in [0.1, 0.15) is 12.6 Å². The Bertz CT molecular complexity index is 1120. The smallest absolute Gasteiger partial charge is 0.407 e. The van der Waals surface area contributed by atoms with Crippen molar-refractivity contribution in [2.75, 3.05) is 6.61 Å². The minimum atomic E-state index is -1.02. The number of thiophene rings is 1. The number of ether oxygens (including phenoxy) is 1. The largest absolute Gasteiger partial charge is 0.481 e. The molecule has 0 fully saturated rings. The second-order valence-corrected chi connectivity index (χ2v) is 8.85. The van der Waals surface area contributed by atoms with Crippen LogP contribution in [0, 0.1) is 0 Å². The summed E-state index contributed by atoms with van der Waals surface area (Å²) in [6, 6.07) is 18.1. The first kappa shape index (κ1) is 22.5. The monoisotopic (exact) mass is 464 g/mol. The van der Waals surface area contributed by atoms with Crippen LogP contribution in [-0.2, 0) is 14.3 Å². The molecule has 3 aromatic rings. The predicted octanol–water partition coefficient (Wildman–Crippen LogP) is 4.31. The summed E-state index contributed by atoms with van der Waals surface area (Å²) in [5, 5.41) is 16.2. The second-order valence-electron chi connectivity index (χ2n) is 7.87. The average molecular weight is 465 g/mol. The molecule has 2 amide bonds. The van der Waals surface area contributed by atoms with E-state index in [1.165, 1.54) is 18.3 Å². The van der Waals surface area contributed by atoms with Crippen molar-refractivity contribution in [3.05, 3.63) is 82.0 Å². The summed E-state index contributed by atoms with van der Waals surface area (Å²) < 4.78 is 5.48. The third-order valence-electron chi connectivity index (χ3n) is 5.65. The van der Waals surface area contributed by atoms with E-state index in [2.05, 4.69) is 22.8 Å². The lowest BCUT2D eigenvalue weighted by Crippen LogP contribution is -2.46. The maximum absolute atomic E-state index is 12.6. The summed E-state index contributed by atoms with van der Waals surface area (Å²) >= 11 is 1.36. The van der Waals surface area contributed by atoms with E-state index in [0.29, 0.717) is 0 Å². The van der Waals surface area contributed by atoms with Crippen LogP contribution in [0.4, 0.5) is 4.79 Å². The number of carbonyl (C=O) groups is 3. The highest BCUT2D eigenvalue weighted by molar-refractivity contribution is 7.10. The van der Waals surface area contributed by atoms with Gasteiger partial charge in [-0.1, -0.05) is 54.6 Å². The number of fused-ring (bicyclic) bond motifs is 3. The number of hydrogen-bond donors (Lipinski definition) is 3. The Balaban J connectivity index is 1.35. The molecule has 1 heterocycles. The Hall–Kier alpha value is -3.65. The minimum Gasteiger partial charge on any atom is -0.481 e. The highest BCUT2D eigenvalue weighted by Crippen LogP contribution is 2.44. The summed E-state index contributed by atoms with van der Waals surface area (Å²) in [4.78, 5) is 36.9. The highest BCUT2D eigenvalue weighted by Gasteiger charge is 2.29. The molecule has 0 saturated heterocycles. The molecule has 2 unspecified atom stereocenters. The summed E-state index contributed by atoms with van der Waals surface area (Å²) in [6.07, 6.45) is -0.949. The molecule has 1 aliphatic rings. The number of carbonyl (C=O) groups excluding carboxylic acids is 2. The molecule has 170 valence electrons. The number of rotatable bonds is 8. The molecule has 4 rings (SSSR count). The van der Waals surface area contributed by atoms with Crippen molar-refractivity contribution in [2.24, 2.45) is 0 Å². The normalized spacial score (nSPS) is 14.0. The van der Waals surface area contributed by atoms with Gasteiger partial charge < -0.3 is 20.5 Å². The third-order valence-corrected chi connectivity index (χ3v) is 6.64. The number of aliphatic carboxylic acids is 1. The molecule has 0 aliphatic heterocycles. The van der Waals surface area contributed by atoms with Gasteiger partial charge in [-0.2, -0.15) is 0 Å². The van der Waals surface area contributed by atoms with Gasteiger partial charge in [0.2, 0.25) is 5.91 Å². The Kier molecular flexibility index (Phi) is 6.74. The highest BCUT2D eigenvalue weighted by atomic mass is 32.1. The Morgan fingerprint density at radius 1 is 0.970 bits per heavy atom. The van der Waals surface area contributed by atoms with Crippen LogP contribution < -0.4 is 10.6 Å². The number of carboxylic acids is 1. The van der Waals surface area contributed by atoms with E-state index in [9.17, 15) is 14.4 Å². The number of amides is 2. The van der Waals surface area contributed by atoms with Gasteiger partial charge in [-0.05, 0) is 40.6 Å². The SMILES string of the molecule is CC(NC(=O)OCC1c2ccccc2-c2ccccc21)C(=O)NC(CC(=O)O)c1cccs1. The molecule has 7 nitrogen and oxygen atoms in total. The van der Waals surface area contributed by atoms with E-state index >= 15 is 0 Å². The van der Waals surface area contributed by atoms with Gasteiger partial charge in [0.25, 0.3) is 0 Å². The number of hydrogen-bond acceptors (Lipinski definition) is 5. The molecule has 0 radical (unpaired) electrons. The van der Waals surface area contributed by atoms with Crippen LogP contribution in [0.3, 0.4) is 0 Å². The fourth-order valence-corrected chi connectivity index (χ4v) is 4.84. The van der Waals surface area contributed by atoms with Gasteiger partial charge in [-0.3, -0.25) is 9.59 Å². The van der Waals surface area contributed by atoms with Crippen LogP contribution in [-0.4, -0.2) is 35.7 Å². The van der Waals surface area contributed by atoms with E-state index in [4.69, 9.17) is 9.84 Å². The lowest BCUT2D eigenvalue weighted by atomic mass is 9.98. The second kappa shape index (κ2) is 9.87. The molecule has 8 heteroatoms. The standard InChI is InChI=1S/C25H24N2O5S/c1-15(24(30)27-21(13-23(28)29)22-11-6-12-33-22)26-25(31)32-14-20-18-9-4-2-7-16(18)17-8-3-5-10-19(17)20/h2-12,15,20-21H,13-14H2,1H3,(H,26,31)(H,27,30)(H,28,29). The maximum atomic E-state index is 12.6. The number of alkyl carbamates (subject to hydrolysis) is 1. The molecule has 3 N–H and O–H groups in total. The summed E-state index contributed by atoms with van der Waals surface area (Å²) in [5.74, 6) is -1.58. The van der Waals surface area contributed by atoms with Crippen LogP contribution in [0.25, 0.3) is 11.1 Å². The molecule has 0 saturated carbocycles. The minimum absolute atomic E-state index is 0.0777. The predicted molar refractivity (Wildman–Crippen MR) is 125 cm³/mol.